The molecule has 0 radical (unpaired) electrons. The lowest BCUT2D eigenvalue weighted by Crippen LogP contribution is -2.26. The fraction of sp³-hybridized carbons (Fsp3) is 0.800. The van der Waals surface area contributed by atoms with Crippen molar-refractivity contribution in [1.82, 2.24) is 0 Å². The summed E-state index contributed by atoms with van der Waals surface area (Å²) >= 11 is 0. The summed E-state index contributed by atoms with van der Waals surface area (Å²) in [6, 6.07) is 0. The van der Waals surface area contributed by atoms with Crippen molar-refractivity contribution in [1.29, 1.82) is 0 Å². The third kappa shape index (κ3) is 2.83. The molecule has 3 nitrogen and oxygen atoms in total. The lowest BCUT2D eigenvalue weighted by Gasteiger charge is -2.28. The first-order chi connectivity index (χ1) is 6.13. The van der Waals surface area contributed by atoms with Crippen molar-refractivity contribution in [3.8, 4) is 0 Å². The molecule has 0 aromatic rings. The van der Waals surface area contributed by atoms with E-state index in [4.69, 9.17) is 5.11 Å². The van der Waals surface area contributed by atoms with Gasteiger partial charge in [-0.25, -0.2) is 0 Å². The second-order valence-corrected chi connectivity index (χ2v) is 3.81. The van der Waals surface area contributed by atoms with Crippen LogP contribution in [0.3, 0.4) is 0 Å². The van der Waals surface area contributed by atoms with Crippen molar-refractivity contribution >= 4 is 11.8 Å². The largest absolute Gasteiger partial charge is 0.481 e. The number of hydrogen-bond donors (Lipinski definition) is 1. The van der Waals surface area contributed by atoms with Crippen molar-refractivity contribution in [2.24, 2.45) is 11.8 Å². The number of ketones is 1. The Morgan fingerprint density at radius 1 is 1.54 bits per heavy atom. The molecular weight excluding hydrogens is 168 g/mol. The second-order valence-electron chi connectivity index (χ2n) is 3.81. The molecule has 3 heteroatoms. The first-order valence-corrected chi connectivity index (χ1v) is 4.87. The molecule has 1 fully saturated rings. The number of aliphatic carboxylic acids is 1. The van der Waals surface area contributed by atoms with Crippen LogP contribution in [0.4, 0.5) is 0 Å². The first-order valence-electron chi connectivity index (χ1n) is 4.87. The van der Waals surface area contributed by atoms with Crippen LogP contribution in [0.5, 0.6) is 0 Å². The van der Waals surface area contributed by atoms with Gasteiger partial charge in [-0.3, -0.25) is 9.59 Å². The molecule has 0 bridgehead atoms. The zero-order valence-corrected chi connectivity index (χ0v) is 7.95. The standard InChI is InChI=1S/C10H16O3/c1-2-7-3-4-9(11)5-8(7)6-10(12)13/h7-8H,2-6H2,1H3,(H,12,13). The van der Waals surface area contributed by atoms with E-state index in [-0.39, 0.29) is 18.1 Å². The van der Waals surface area contributed by atoms with E-state index in [0.717, 1.165) is 12.8 Å². The van der Waals surface area contributed by atoms with Crippen molar-refractivity contribution in [2.45, 2.75) is 39.0 Å². The van der Waals surface area contributed by atoms with Crippen molar-refractivity contribution in [3.63, 3.8) is 0 Å². The molecule has 1 rings (SSSR count). The molecule has 1 N–H and O–H groups in total. The Morgan fingerprint density at radius 2 is 2.23 bits per heavy atom. The Morgan fingerprint density at radius 3 is 2.77 bits per heavy atom. The van der Waals surface area contributed by atoms with Crippen molar-refractivity contribution in [3.05, 3.63) is 0 Å². The van der Waals surface area contributed by atoms with E-state index in [1.54, 1.807) is 0 Å². The molecule has 1 aliphatic rings. The van der Waals surface area contributed by atoms with Gasteiger partial charge >= 0.3 is 5.97 Å². The second kappa shape index (κ2) is 4.40. The third-order valence-electron chi connectivity index (χ3n) is 2.91. The highest BCUT2D eigenvalue weighted by Gasteiger charge is 2.29. The van der Waals surface area contributed by atoms with Crippen molar-refractivity contribution < 1.29 is 14.7 Å². The van der Waals surface area contributed by atoms with Crippen LogP contribution in [-0.2, 0) is 9.59 Å². The van der Waals surface area contributed by atoms with Crippen LogP contribution >= 0.6 is 0 Å². The molecule has 0 aliphatic heterocycles. The van der Waals surface area contributed by atoms with Gasteiger partial charge in [0.05, 0.1) is 0 Å². The Bertz CT molecular complexity index is 208. The average molecular weight is 184 g/mol. The lowest BCUT2D eigenvalue weighted by molar-refractivity contribution is -0.139. The Hall–Kier alpha value is -0.860. The fourth-order valence-corrected chi connectivity index (χ4v) is 2.14. The Balaban J connectivity index is 2.54. The summed E-state index contributed by atoms with van der Waals surface area (Å²) in [4.78, 5) is 21.6. The minimum absolute atomic E-state index is 0.0868. The number of Topliss-reactive ketones (excluding diaryl/α,β-unsaturated/α-hetero) is 1. The van der Waals surface area contributed by atoms with E-state index in [1.165, 1.54) is 0 Å². The topological polar surface area (TPSA) is 54.4 Å². The summed E-state index contributed by atoms with van der Waals surface area (Å²) in [7, 11) is 0. The number of carboxylic acids is 1. The molecule has 74 valence electrons. The molecule has 0 amide bonds. The lowest BCUT2D eigenvalue weighted by atomic mass is 9.76. The normalized spacial score (nSPS) is 28.8. The predicted octanol–water partition coefficient (Wildman–Crippen LogP) is 1.86. The number of carbonyl (C=O) groups excluding carboxylic acids is 1. The van der Waals surface area contributed by atoms with Crippen LogP contribution in [0.1, 0.15) is 39.0 Å². The summed E-state index contributed by atoms with van der Waals surface area (Å²) in [5.74, 6) is -0.0216. The van der Waals surface area contributed by atoms with Gasteiger partial charge in [-0.2, -0.15) is 0 Å². The van der Waals surface area contributed by atoms with Gasteiger partial charge < -0.3 is 5.11 Å². The van der Waals surface area contributed by atoms with Gasteiger partial charge in [0.2, 0.25) is 0 Å². The zero-order valence-electron chi connectivity index (χ0n) is 7.95. The molecule has 0 saturated heterocycles. The highest BCUT2D eigenvalue weighted by Crippen LogP contribution is 2.32. The number of rotatable bonds is 3. The van der Waals surface area contributed by atoms with Crippen LogP contribution in [0.15, 0.2) is 0 Å². The van der Waals surface area contributed by atoms with E-state index in [1.807, 2.05) is 0 Å². The smallest absolute Gasteiger partial charge is 0.303 e. The highest BCUT2D eigenvalue weighted by atomic mass is 16.4. The minimum atomic E-state index is -0.779. The summed E-state index contributed by atoms with van der Waals surface area (Å²) in [5, 5.41) is 8.65. The monoisotopic (exact) mass is 184 g/mol. The zero-order chi connectivity index (χ0) is 9.84. The van der Waals surface area contributed by atoms with Crippen LogP contribution in [0.2, 0.25) is 0 Å². The highest BCUT2D eigenvalue weighted by molar-refractivity contribution is 5.80. The van der Waals surface area contributed by atoms with Gasteiger partial charge in [-0.05, 0) is 18.3 Å². The molecule has 0 aromatic heterocycles. The average Bonchev–Trinajstić information content (AvgIpc) is 2.03. The molecule has 1 aliphatic carbocycles. The fourth-order valence-electron chi connectivity index (χ4n) is 2.14. The third-order valence-corrected chi connectivity index (χ3v) is 2.91. The number of carboxylic acid groups (broad SMARTS) is 1. The Kier molecular flexibility index (Phi) is 3.46. The van der Waals surface area contributed by atoms with Crippen LogP contribution in [0.25, 0.3) is 0 Å². The number of hydrogen-bond acceptors (Lipinski definition) is 2. The van der Waals surface area contributed by atoms with Gasteiger partial charge in [0, 0.05) is 19.3 Å². The summed E-state index contributed by atoms with van der Waals surface area (Å²) in [5.41, 5.74) is 0. The number of carbonyl (C=O) groups is 2. The molecule has 2 unspecified atom stereocenters. The molecular formula is C10H16O3. The van der Waals surface area contributed by atoms with Gasteiger partial charge in [-0.1, -0.05) is 13.3 Å². The van der Waals surface area contributed by atoms with Gasteiger partial charge in [0.15, 0.2) is 0 Å². The SMILES string of the molecule is CCC1CCC(=O)CC1CC(=O)O. The Labute approximate surface area is 78.1 Å². The minimum Gasteiger partial charge on any atom is -0.481 e. The van der Waals surface area contributed by atoms with Gasteiger partial charge in [-0.15, -0.1) is 0 Å². The molecule has 0 spiro atoms. The van der Waals surface area contributed by atoms with Crippen LogP contribution < -0.4 is 0 Å². The van der Waals surface area contributed by atoms with Gasteiger partial charge in [0.1, 0.15) is 5.78 Å². The molecule has 1 saturated carbocycles. The molecule has 0 heterocycles. The van der Waals surface area contributed by atoms with Crippen LogP contribution in [-0.4, -0.2) is 16.9 Å². The van der Waals surface area contributed by atoms with E-state index in [9.17, 15) is 9.59 Å². The molecule has 0 aromatic carbocycles. The van der Waals surface area contributed by atoms with Gasteiger partial charge in [0.25, 0.3) is 0 Å². The maximum Gasteiger partial charge on any atom is 0.303 e. The predicted molar refractivity (Wildman–Crippen MR) is 48.4 cm³/mol. The summed E-state index contributed by atoms with van der Waals surface area (Å²) in [6.45, 7) is 2.06. The van der Waals surface area contributed by atoms with E-state index < -0.39 is 5.97 Å². The van der Waals surface area contributed by atoms with E-state index in [0.29, 0.717) is 18.8 Å². The van der Waals surface area contributed by atoms with Crippen molar-refractivity contribution in [2.75, 3.05) is 0 Å². The maximum absolute atomic E-state index is 11.1. The molecule has 2 atom stereocenters. The van der Waals surface area contributed by atoms with E-state index >= 15 is 0 Å². The summed E-state index contributed by atoms with van der Waals surface area (Å²) in [6.07, 6.45) is 3.15. The first kappa shape index (κ1) is 10.2. The quantitative estimate of drug-likeness (QED) is 0.728. The van der Waals surface area contributed by atoms with Crippen LogP contribution in [0, 0.1) is 11.8 Å². The molecule has 13 heavy (non-hydrogen) atoms. The maximum atomic E-state index is 11.1. The van der Waals surface area contributed by atoms with E-state index in [2.05, 4.69) is 6.92 Å². The summed E-state index contributed by atoms with van der Waals surface area (Å²) < 4.78 is 0.